The molecule has 4 heteroatoms. The van der Waals surface area contributed by atoms with Crippen molar-refractivity contribution in [3.8, 4) is 0 Å². The van der Waals surface area contributed by atoms with Crippen LogP contribution in [0.25, 0.3) is 0 Å². The lowest BCUT2D eigenvalue weighted by molar-refractivity contribution is -0.136. The van der Waals surface area contributed by atoms with Gasteiger partial charge in [0, 0.05) is 12.6 Å². The molecule has 1 aliphatic rings. The smallest absolute Gasteiger partial charge is 0.251 e. The first-order valence-electron chi connectivity index (χ1n) is 5.12. The van der Waals surface area contributed by atoms with E-state index in [1.807, 2.05) is 0 Å². The number of aliphatic hydroxyl groups is 1. The maximum atomic E-state index is 11.3. The first-order chi connectivity index (χ1) is 6.41. The van der Waals surface area contributed by atoms with Gasteiger partial charge in [-0.3, -0.25) is 4.79 Å². The number of likely N-dealkylation sites (tertiary alicyclic amines) is 1. The van der Waals surface area contributed by atoms with Gasteiger partial charge in [-0.1, -0.05) is 0 Å². The van der Waals surface area contributed by atoms with Crippen LogP contribution in [0, 0.1) is 0 Å². The molecule has 0 aromatic heterocycles. The van der Waals surface area contributed by atoms with Crippen LogP contribution in [0.3, 0.4) is 0 Å². The van der Waals surface area contributed by atoms with E-state index in [9.17, 15) is 9.90 Å². The molecule has 1 unspecified atom stereocenters. The van der Waals surface area contributed by atoms with Crippen LogP contribution in [0.4, 0.5) is 0 Å². The van der Waals surface area contributed by atoms with Gasteiger partial charge < -0.3 is 15.3 Å². The second kappa shape index (κ2) is 4.28. The summed E-state index contributed by atoms with van der Waals surface area (Å²) in [5.74, 6) is -0.294. The monoisotopic (exact) mass is 200 g/mol. The maximum absolute atomic E-state index is 11.3. The summed E-state index contributed by atoms with van der Waals surface area (Å²) in [6, 6.07) is 0.432. The minimum Gasteiger partial charge on any atom is -0.381 e. The van der Waals surface area contributed by atoms with Gasteiger partial charge in [0.1, 0.15) is 5.60 Å². The fourth-order valence-corrected chi connectivity index (χ4v) is 1.66. The SMILES string of the molecule is CN1CCCC1CNC(=O)C(C)(C)O. The molecular formula is C10H20N2O2. The van der Waals surface area contributed by atoms with Crippen molar-refractivity contribution in [2.45, 2.75) is 38.3 Å². The van der Waals surface area contributed by atoms with Crippen LogP contribution in [0.5, 0.6) is 0 Å². The summed E-state index contributed by atoms with van der Waals surface area (Å²) in [5, 5.41) is 12.2. The molecule has 1 aliphatic heterocycles. The third-order valence-corrected chi connectivity index (χ3v) is 2.73. The molecule has 14 heavy (non-hydrogen) atoms. The molecule has 1 fully saturated rings. The van der Waals surface area contributed by atoms with Crippen molar-refractivity contribution in [2.75, 3.05) is 20.1 Å². The van der Waals surface area contributed by atoms with Gasteiger partial charge in [0.15, 0.2) is 0 Å². The van der Waals surface area contributed by atoms with Crippen LogP contribution >= 0.6 is 0 Å². The molecule has 0 aliphatic carbocycles. The number of hydrogen-bond donors (Lipinski definition) is 2. The summed E-state index contributed by atoms with van der Waals surface area (Å²) < 4.78 is 0. The van der Waals surface area contributed by atoms with Crippen molar-refractivity contribution in [1.82, 2.24) is 10.2 Å². The van der Waals surface area contributed by atoms with E-state index in [-0.39, 0.29) is 5.91 Å². The number of nitrogens with one attached hydrogen (secondary N) is 1. The standard InChI is InChI=1S/C10H20N2O2/c1-10(2,14)9(13)11-7-8-5-4-6-12(8)3/h8,14H,4-7H2,1-3H3,(H,11,13). The van der Waals surface area contributed by atoms with Gasteiger partial charge in [-0.2, -0.15) is 0 Å². The Morgan fingerprint density at radius 2 is 2.29 bits per heavy atom. The first kappa shape index (κ1) is 11.5. The highest BCUT2D eigenvalue weighted by atomic mass is 16.3. The van der Waals surface area contributed by atoms with E-state index in [1.54, 1.807) is 0 Å². The molecule has 0 spiro atoms. The number of rotatable bonds is 3. The van der Waals surface area contributed by atoms with Gasteiger partial charge in [0.25, 0.3) is 5.91 Å². The molecule has 0 radical (unpaired) electrons. The second-order valence-corrected chi connectivity index (χ2v) is 4.55. The highest BCUT2D eigenvalue weighted by Crippen LogP contribution is 2.13. The third-order valence-electron chi connectivity index (χ3n) is 2.73. The molecule has 0 bridgehead atoms. The third kappa shape index (κ3) is 2.96. The van der Waals surface area contributed by atoms with Crippen LogP contribution in [0.1, 0.15) is 26.7 Å². The number of likely N-dealkylation sites (N-methyl/N-ethyl adjacent to an activating group) is 1. The number of amides is 1. The summed E-state index contributed by atoms with van der Waals surface area (Å²) in [4.78, 5) is 13.6. The lowest BCUT2D eigenvalue weighted by Gasteiger charge is -2.22. The van der Waals surface area contributed by atoms with E-state index in [0.29, 0.717) is 12.6 Å². The molecule has 0 aromatic carbocycles. The van der Waals surface area contributed by atoms with Crippen LogP contribution in [-0.2, 0) is 4.79 Å². The summed E-state index contributed by atoms with van der Waals surface area (Å²) in [5.41, 5.74) is -1.27. The van der Waals surface area contributed by atoms with Crippen molar-refractivity contribution < 1.29 is 9.90 Å². The van der Waals surface area contributed by atoms with Gasteiger partial charge in [0.05, 0.1) is 0 Å². The van der Waals surface area contributed by atoms with Crippen LogP contribution < -0.4 is 5.32 Å². The molecule has 1 saturated heterocycles. The Hall–Kier alpha value is -0.610. The second-order valence-electron chi connectivity index (χ2n) is 4.55. The van der Waals surface area contributed by atoms with Gasteiger partial charge in [-0.15, -0.1) is 0 Å². The number of carbonyl (C=O) groups is 1. The predicted molar refractivity (Wildman–Crippen MR) is 55.0 cm³/mol. The molecular weight excluding hydrogens is 180 g/mol. The van der Waals surface area contributed by atoms with E-state index < -0.39 is 5.60 Å². The maximum Gasteiger partial charge on any atom is 0.251 e. The zero-order chi connectivity index (χ0) is 10.8. The van der Waals surface area contributed by atoms with Crippen LogP contribution in [-0.4, -0.2) is 47.7 Å². The molecule has 0 saturated carbocycles. The van der Waals surface area contributed by atoms with Gasteiger partial charge in [0.2, 0.25) is 0 Å². The first-order valence-corrected chi connectivity index (χ1v) is 5.12. The Balaban J connectivity index is 2.30. The number of carbonyl (C=O) groups excluding carboxylic acids is 1. The summed E-state index contributed by atoms with van der Waals surface area (Å²) >= 11 is 0. The Morgan fingerprint density at radius 1 is 1.64 bits per heavy atom. The fourth-order valence-electron chi connectivity index (χ4n) is 1.66. The molecule has 0 aromatic rings. The van der Waals surface area contributed by atoms with E-state index in [4.69, 9.17) is 0 Å². The topological polar surface area (TPSA) is 52.6 Å². The Morgan fingerprint density at radius 3 is 2.71 bits per heavy atom. The van der Waals surface area contributed by atoms with E-state index in [1.165, 1.54) is 20.3 Å². The number of nitrogens with zero attached hydrogens (tertiary/aromatic N) is 1. The van der Waals surface area contributed by atoms with E-state index >= 15 is 0 Å². The molecule has 1 heterocycles. The highest BCUT2D eigenvalue weighted by molar-refractivity contribution is 5.83. The van der Waals surface area contributed by atoms with Crippen molar-refractivity contribution in [2.24, 2.45) is 0 Å². The Bertz CT molecular complexity index is 211. The van der Waals surface area contributed by atoms with Crippen LogP contribution in [0.2, 0.25) is 0 Å². The minimum atomic E-state index is -1.27. The molecule has 2 N–H and O–H groups in total. The van der Waals surface area contributed by atoms with E-state index in [0.717, 1.165) is 13.0 Å². The summed E-state index contributed by atoms with van der Waals surface area (Å²) in [7, 11) is 2.06. The highest BCUT2D eigenvalue weighted by Gasteiger charge is 2.26. The zero-order valence-electron chi connectivity index (χ0n) is 9.21. The number of hydrogen-bond acceptors (Lipinski definition) is 3. The Kier molecular flexibility index (Phi) is 3.50. The summed E-state index contributed by atoms with van der Waals surface area (Å²) in [6.45, 7) is 4.74. The minimum absolute atomic E-state index is 0.294. The molecule has 82 valence electrons. The van der Waals surface area contributed by atoms with Gasteiger partial charge >= 0.3 is 0 Å². The average molecular weight is 200 g/mol. The lowest BCUT2D eigenvalue weighted by Crippen LogP contribution is -2.46. The average Bonchev–Trinajstić information content (AvgIpc) is 2.45. The lowest BCUT2D eigenvalue weighted by atomic mass is 10.1. The quantitative estimate of drug-likeness (QED) is 0.672. The fraction of sp³-hybridized carbons (Fsp3) is 0.900. The molecule has 1 rings (SSSR count). The van der Waals surface area contributed by atoms with Crippen LogP contribution in [0.15, 0.2) is 0 Å². The molecule has 4 nitrogen and oxygen atoms in total. The Labute approximate surface area is 85.3 Å². The largest absolute Gasteiger partial charge is 0.381 e. The van der Waals surface area contributed by atoms with Crippen molar-refractivity contribution in [3.63, 3.8) is 0 Å². The van der Waals surface area contributed by atoms with Crippen molar-refractivity contribution in [1.29, 1.82) is 0 Å². The normalized spacial score (nSPS) is 23.9. The van der Waals surface area contributed by atoms with Gasteiger partial charge in [-0.05, 0) is 40.3 Å². The molecule has 1 amide bonds. The predicted octanol–water partition coefficient (Wildman–Crippen LogP) is -0.0323. The van der Waals surface area contributed by atoms with E-state index in [2.05, 4.69) is 17.3 Å². The zero-order valence-corrected chi connectivity index (χ0v) is 9.21. The van der Waals surface area contributed by atoms with Gasteiger partial charge in [-0.25, -0.2) is 0 Å². The summed E-state index contributed by atoms with van der Waals surface area (Å²) in [6.07, 6.45) is 2.32. The van der Waals surface area contributed by atoms with Crippen molar-refractivity contribution in [3.05, 3.63) is 0 Å². The van der Waals surface area contributed by atoms with Crippen molar-refractivity contribution >= 4 is 5.91 Å². The molecule has 1 atom stereocenters.